The predicted octanol–water partition coefficient (Wildman–Crippen LogP) is 2.38. The van der Waals surface area contributed by atoms with Crippen LogP contribution in [0.5, 0.6) is 0 Å². The molecule has 0 radical (unpaired) electrons. The Kier molecular flexibility index (Phi) is 3.74. The molecule has 3 amide bonds. The number of nitro benzene ring substituents is 1. The summed E-state index contributed by atoms with van der Waals surface area (Å²) in [7, 11) is 0. The molecule has 0 bridgehead atoms. The van der Waals surface area contributed by atoms with Crippen molar-refractivity contribution in [3.05, 3.63) is 68.2 Å². The average molecular weight is 346 g/mol. The van der Waals surface area contributed by atoms with Crippen LogP contribution in [0, 0.1) is 10.1 Å². The number of hydrogen-bond donors (Lipinski definition) is 2. The van der Waals surface area contributed by atoms with Crippen LogP contribution in [0.25, 0.3) is 0 Å². The molecule has 3 rings (SSSR count). The monoisotopic (exact) mass is 345 g/mol. The van der Waals surface area contributed by atoms with E-state index in [4.69, 9.17) is 11.6 Å². The summed E-state index contributed by atoms with van der Waals surface area (Å²) in [5, 5.41) is 15.4. The number of benzene rings is 2. The van der Waals surface area contributed by atoms with E-state index in [-0.39, 0.29) is 33.1 Å². The normalized spacial score (nSPS) is 12.5. The number of fused-ring (bicyclic) bond motifs is 1. The van der Waals surface area contributed by atoms with Crippen LogP contribution in [-0.4, -0.2) is 22.6 Å². The average Bonchev–Trinajstić information content (AvgIpc) is 2.81. The van der Waals surface area contributed by atoms with Crippen LogP contribution in [-0.2, 0) is 0 Å². The van der Waals surface area contributed by atoms with Crippen LogP contribution in [0.15, 0.2) is 36.4 Å². The first kappa shape index (κ1) is 15.6. The van der Waals surface area contributed by atoms with E-state index in [2.05, 4.69) is 10.6 Å². The highest BCUT2D eigenvalue weighted by atomic mass is 35.5. The lowest BCUT2D eigenvalue weighted by molar-refractivity contribution is -0.384. The molecule has 0 atom stereocenters. The Balaban J connectivity index is 1.87. The smallest absolute Gasteiger partial charge is 0.288 e. The van der Waals surface area contributed by atoms with Gasteiger partial charge in [0.2, 0.25) is 0 Å². The molecule has 0 aliphatic carbocycles. The Morgan fingerprint density at radius 2 is 1.79 bits per heavy atom. The van der Waals surface area contributed by atoms with E-state index >= 15 is 0 Å². The van der Waals surface area contributed by atoms with E-state index in [1.165, 1.54) is 30.3 Å². The van der Waals surface area contributed by atoms with Crippen molar-refractivity contribution in [2.45, 2.75) is 0 Å². The van der Waals surface area contributed by atoms with Crippen LogP contribution < -0.4 is 10.6 Å². The molecule has 8 nitrogen and oxygen atoms in total. The maximum atomic E-state index is 12.2. The number of amides is 3. The fourth-order valence-electron chi connectivity index (χ4n) is 2.24. The Morgan fingerprint density at radius 1 is 1.08 bits per heavy atom. The van der Waals surface area contributed by atoms with Crippen molar-refractivity contribution in [2.75, 3.05) is 5.32 Å². The van der Waals surface area contributed by atoms with E-state index in [0.29, 0.717) is 0 Å². The van der Waals surface area contributed by atoms with E-state index in [0.717, 1.165) is 6.07 Å². The van der Waals surface area contributed by atoms with Crippen molar-refractivity contribution in [1.29, 1.82) is 0 Å². The molecular weight excluding hydrogens is 338 g/mol. The van der Waals surface area contributed by atoms with Crippen LogP contribution in [0.2, 0.25) is 5.02 Å². The summed E-state index contributed by atoms with van der Waals surface area (Å²) in [6.07, 6.45) is 0. The van der Waals surface area contributed by atoms with Gasteiger partial charge in [0.25, 0.3) is 23.4 Å². The molecule has 120 valence electrons. The molecule has 2 N–H and O–H groups in total. The highest BCUT2D eigenvalue weighted by molar-refractivity contribution is 6.32. The second-order valence-electron chi connectivity index (χ2n) is 4.92. The third-order valence-electron chi connectivity index (χ3n) is 3.40. The van der Waals surface area contributed by atoms with Gasteiger partial charge in [-0.2, -0.15) is 0 Å². The summed E-state index contributed by atoms with van der Waals surface area (Å²) in [4.78, 5) is 45.4. The van der Waals surface area contributed by atoms with Gasteiger partial charge in [0, 0.05) is 17.3 Å². The molecule has 0 fully saturated rings. The number of carbonyl (C=O) groups is 3. The Morgan fingerprint density at radius 3 is 2.50 bits per heavy atom. The van der Waals surface area contributed by atoms with Crippen molar-refractivity contribution < 1.29 is 19.3 Å². The molecule has 24 heavy (non-hydrogen) atoms. The van der Waals surface area contributed by atoms with Gasteiger partial charge in [0.15, 0.2) is 0 Å². The number of rotatable bonds is 3. The van der Waals surface area contributed by atoms with E-state index in [1.807, 2.05) is 0 Å². The fraction of sp³-hybridized carbons (Fsp3) is 0. The van der Waals surface area contributed by atoms with Gasteiger partial charge in [-0.15, -0.1) is 0 Å². The standard InChI is InChI=1S/C15H8ClN3O5/c16-11-4-1-7(5-12(11)19(23)24)13(20)17-8-2-3-9-10(6-8)15(22)18-14(9)21/h1-6H,(H,17,20)(H,18,21,22). The van der Waals surface area contributed by atoms with Crippen molar-refractivity contribution in [2.24, 2.45) is 0 Å². The van der Waals surface area contributed by atoms with E-state index in [1.54, 1.807) is 0 Å². The lowest BCUT2D eigenvalue weighted by atomic mass is 10.1. The second-order valence-corrected chi connectivity index (χ2v) is 5.33. The molecule has 1 heterocycles. The number of hydrogen-bond acceptors (Lipinski definition) is 5. The van der Waals surface area contributed by atoms with Gasteiger partial charge < -0.3 is 5.32 Å². The summed E-state index contributed by atoms with van der Waals surface area (Å²) in [6.45, 7) is 0. The molecular formula is C15H8ClN3O5. The molecule has 0 unspecified atom stereocenters. The topological polar surface area (TPSA) is 118 Å². The Bertz CT molecular complexity index is 925. The SMILES string of the molecule is O=C(Nc1ccc2c(c1)C(=O)NC2=O)c1ccc(Cl)c([N+](=O)[O-])c1. The zero-order valence-corrected chi connectivity index (χ0v) is 12.6. The Labute approximate surface area is 139 Å². The van der Waals surface area contributed by atoms with Crippen molar-refractivity contribution in [3.8, 4) is 0 Å². The minimum absolute atomic E-state index is 0.0344. The summed E-state index contributed by atoms with van der Waals surface area (Å²) in [6, 6.07) is 7.88. The van der Waals surface area contributed by atoms with Crippen molar-refractivity contribution in [1.82, 2.24) is 5.32 Å². The molecule has 2 aromatic rings. The number of halogens is 1. The first-order valence-electron chi connectivity index (χ1n) is 6.62. The molecule has 2 aromatic carbocycles. The number of carbonyl (C=O) groups excluding carboxylic acids is 3. The number of imide groups is 1. The largest absolute Gasteiger partial charge is 0.322 e. The van der Waals surface area contributed by atoms with Gasteiger partial charge in [0.05, 0.1) is 16.1 Å². The molecule has 1 aliphatic rings. The molecule has 9 heteroatoms. The molecule has 1 aliphatic heterocycles. The third-order valence-corrected chi connectivity index (χ3v) is 3.72. The molecule has 0 spiro atoms. The van der Waals surface area contributed by atoms with E-state index in [9.17, 15) is 24.5 Å². The van der Waals surface area contributed by atoms with Crippen LogP contribution in [0.4, 0.5) is 11.4 Å². The van der Waals surface area contributed by atoms with Gasteiger partial charge in [-0.3, -0.25) is 29.8 Å². The second kappa shape index (κ2) is 5.74. The van der Waals surface area contributed by atoms with Crippen molar-refractivity contribution in [3.63, 3.8) is 0 Å². The molecule has 0 saturated heterocycles. The number of nitrogens with zero attached hydrogens (tertiary/aromatic N) is 1. The minimum atomic E-state index is -0.690. The summed E-state index contributed by atoms with van der Waals surface area (Å²) >= 11 is 5.70. The summed E-state index contributed by atoms with van der Waals surface area (Å²) in [5.74, 6) is -1.66. The number of nitrogens with one attached hydrogen (secondary N) is 2. The lowest BCUT2D eigenvalue weighted by Gasteiger charge is -2.06. The predicted molar refractivity (Wildman–Crippen MR) is 84.3 cm³/mol. The highest BCUT2D eigenvalue weighted by Crippen LogP contribution is 2.26. The summed E-state index contributed by atoms with van der Waals surface area (Å²) < 4.78 is 0. The first-order chi connectivity index (χ1) is 11.4. The Hall–Kier alpha value is -3.26. The lowest BCUT2D eigenvalue weighted by Crippen LogP contribution is -2.19. The maximum Gasteiger partial charge on any atom is 0.288 e. The van der Waals surface area contributed by atoms with Gasteiger partial charge in [-0.25, -0.2) is 0 Å². The first-order valence-corrected chi connectivity index (χ1v) is 6.99. The van der Waals surface area contributed by atoms with E-state index < -0.39 is 22.6 Å². The highest BCUT2D eigenvalue weighted by Gasteiger charge is 2.27. The van der Waals surface area contributed by atoms with Crippen LogP contribution in [0.1, 0.15) is 31.1 Å². The zero-order chi connectivity index (χ0) is 17.4. The van der Waals surface area contributed by atoms with Gasteiger partial charge in [-0.05, 0) is 30.3 Å². The number of nitro groups is 1. The maximum absolute atomic E-state index is 12.2. The third kappa shape index (κ3) is 2.70. The minimum Gasteiger partial charge on any atom is -0.322 e. The van der Waals surface area contributed by atoms with Gasteiger partial charge in [-0.1, -0.05) is 11.6 Å². The fourth-order valence-corrected chi connectivity index (χ4v) is 2.43. The van der Waals surface area contributed by atoms with Gasteiger partial charge in [0.1, 0.15) is 5.02 Å². The molecule has 0 saturated carbocycles. The summed E-state index contributed by atoms with van der Waals surface area (Å²) in [5.41, 5.74) is 0.302. The van der Waals surface area contributed by atoms with Crippen LogP contribution >= 0.6 is 11.6 Å². The quantitative estimate of drug-likeness (QED) is 0.503. The zero-order valence-electron chi connectivity index (χ0n) is 11.8. The number of anilines is 1. The molecule has 0 aromatic heterocycles. The van der Waals surface area contributed by atoms with Crippen molar-refractivity contribution >= 4 is 40.7 Å². The van der Waals surface area contributed by atoms with Gasteiger partial charge >= 0.3 is 0 Å². The van der Waals surface area contributed by atoms with Crippen LogP contribution in [0.3, 0.4) is 0 Å².